The van der Waals surface area contributed by atoms with E-state index in [9.17, 15) is 4.79 Å². The molecule has 0 radical (unpaired) electrons. The largest absolute Gasteiger partial charge is 0.370 e. The molecule has 0 aromatic heterocycles. The molecule has 6 heteroatoms. The molecule has 1 heterocycles. The molecule has 1 aliphatic heterocycles. The summed E-state index contributed by atoms with van der Waals surface area (Å²) in [6.45, 7) is 9.53. The Morgan fingerprint density at radius 1 is 1.21 bits per heavy atom. The predicted octanol–water partition coefficient (Wildman–Crippen LogP) is 2.87. The summed E-state index contributed by atoms with van der Waals surface area (Å²) < 4.78 is 0. The number of hydrogen-bond donors (Lipinski definition) is 2. The molecule has 1 aromatic rings. The van der Waals surface area contributed by atoms with Crippen molar-refractivity contribution in [3.63, 3.8) is 0 Å². The predicted molar refractivity (Wildman–Crippen MR) is 116 cm³/mol. The van der Waals surface area contributed by atoms with Crippen LogP contribution in [0.4, 0.5) is 5.69 Å². The number of benzene rings is 1. The Morgan fingerprint density at radius 3 is 2.46 bits per heavy atom. The zero-order valence-electron chi connectivity index (χ0n) is 17.4. The van der Waals surface area contributed by atoms with Gasteiger partial charge in [-0.05, 0) is 42.9 Å². The van der Waals surface area contributed by atoms with Gasteiger partial charge in [0.05, 0.1) is 6.54 Å². The Labute approximate surface area is 169 Å². The Kier molecular flexibility index (Phi) is 7.31. The maximum atomic E-state index is 12.3. The summed E-state index contributed by atoms with van der Waals surface area (Å²) in [5, 5.41) is 3.17. The van der Waals surface area contributed by atoms with E-state index in [1.54, 1.807) is 0 Å². The number of nitrogens with two attached hydrogens (primary N) is 1. The van der Waals surface area contributed by atoms with Crippen LogP contribution in [0.2, 0.25) is 0 Å². The summed E-state index contributed by atoms with van der Waals surface area (Å²) in [7, 11) is 0. The second-order valence-electron chi connectivity index (χ2n) is 8.12. The molecule has 1 saturated heterocycles. The molecule has 0 bridgehead atoms. The summed E-state index contributed by atoms with van der Waals surface area (Å²) in [6, 6.07) is 8.41. The highest BCUT2D eigenvalue weighted by Gasteiger charge is 2.30. The third kappa shape index (κ3) is 5.47. The average Bonchev–Trinajstić information content (AvgIpc) is 2.67. The van der Waals surface area contributed by atoms with Gasteiger partial charge in [-0.25, -0.2) is 0 Å². The van der Waals surface area contributed by atoms with Crippen molar-refractivity contribution < 1.29 is 4.79 Å². The fourth-order valence-electron chi connectivity index (χ4n) is 3.74. The quantitative estimate of drug-likeness (QED) is 0.559. The van der Waals surface area contributed by atoms with Crippen molar-refractivity contribution in [1.82, 2.24) is 9.80 Å². The van der Waals surface area contributed by atoms with Gasteiger partial charge in [-0.2, -0.15) is 0 Å². The van der Waals surface area contributed by atoms with Gasteiger partial charge in [0.2, 0.25) is 5.91 Å². The van der Waals surface area contributed by atoms with Crippen LogP contribution in [0.1, 0.15) is 51.0 Å². The first kappa shape index (κ1) is 20.6. The number of carbonyl (C=O) groups is 1. The van der Waals surface area contributed by atoms with E-state index < -0.39 is 0 Å². The fourth-order valence-corrected chi connectivity index (χ4v) is 3.74. The molecule has 1 aromatic carbocycles. The van der Waals surface area contributed by atoms with Crippen LogP contribution in [0, 0.1) is 5.92 Å². The Balaban J connectivity index is 1.37. The molecular weight excluding hydrogens is 350 g/mol. The SMILES string of the molecule is CCC(C)c1ccc(NC(N)=NCCN2CCN(C(=O)C3CCC3)CC2)cc1. The lowest BCUT2D eigenvalue weighted by molar-refractivity contribution is -0.139. The summed E-state index contributed by atoms with van der Waals surface area (Å²) in [5.74, 6) is 1.71. The lowest BCUT2D eigenvalue weighted by Gasteiger charge is -2.38. The summed E-state index contributed by atoms with van der Waals surface area (Å²) >= 11 is 0. The van der Waals surface area contributed by atoms with Gasteiger partial charge in [0.15, 0.2) is 5.96 Å². The second kappa shape index (κ2) is 9.92. The molecule has 154 valence electrons. The van der Waals surface area contributed by atoms with Gasteiger partial charge >= 0.3 is 0 Å². The third-order valence-corrected chi connectivity index (χ3v) is 6.20. The minimum Gasteiger partial charge on any atom is -0.370 e. The summed E-state index contributed by atoms with van der Waals surface area (Å²) in [5.41, 5.74) is 8.34. The number of carbonyl (C=O) groups excluding carboxylic acids is 1. The van der Waals surface area contributed by atoms with Crippen molar-refractivity contribution in [2.75, 3.05) is 44.6 Å². The molecule has 1 atom stereocenters. The lowest BCUT2D eigenvalue weighted by atomic mass is 9.84. The molecule has 1 unspecified atom stereocenters. The Hall–Kier alpha value is -2.08. The number of piperazine rings is 1. The zero-order valence-corrected chi connectivity index (χ0v) is 17.4. The number of rotatable bonds is 7. The maximum absolute atomic E-state index is 12.3. The number of hydrogen-bond acceptors (Lipinski definition) is 3. The first-order valence-electron chi connectivity index (χ1n) is 10.7. The molecular formula is C22H35N5O. The molecule has 2 fully saturated rings. The van der Waals surface area contributed by atoms with Gasteiger partial charge in [0, 0.05) is 44.3 Å². The third-order valence-electron chi connectivity index (χ3n) is 6.20. The van der Waals surface area contributed by atoms with Crippen LogP contribution in [-0.4, -0.2) is 60.9 Å². The smallest absolute Gasteiger partial charge is 0.225 e. The van der Waals surface area contributed by atoms with Gasteiger partial charge < -0.3 is 16.0 Å². The van der Waals surface area contributed by atoms with Gasteiger partial charge in [0.1, 0.15) is 0 Å². The van der Waals surface area contributed by atoms with Crippen molar-refractivity contribution in [3.05, 3.63) is 29.8 Å². The van der Waals surface area contributed by atoms with Gasteiger partial charge in [-0.15, -0.1) is 0 Å². The van der Waals surface area contributed by atoms with E-state index >= 15 is 0 Å². The van der Waals surface area contributed by atoms with E-state index in [-0.39, 0.29) is 0 Å². The van der Waals surface area contributed by atoms with Gasteiger partial charge in [0.25, 0.3) is 0 Å². The van der Waals surface area contributed by atoms with E-state index in [0.29, 0.717) is 30.2 Å². The normalized spacial score (nSPS) is 19.9. The van der Waals surface area contributed by atoms with Gasteiger partial charge in [-0.1, -0.05) is 32.4 Å². The molecule has 3 rings (SSSR count). The Morgan fingerprint density at radius 2 is 1.89 bits per heavy atom. The second-order valence-corrected chi connectivity index (χ2v) is 8.12. The first-order chi connectivity index (χ1) is 13.6. The molecule has 1 aliphatic carbocycles. The Bertz CT molecular complexity index is 660. The minimum atomic E-state index is 0.307. The van der Waals surface area contributed by atoms with Crippen LogP contribution < -0.4 is 11.1 Å². The maximum Gasteiger partial charge on any atom is 0.225 e. The molecule has 3 N–H and O–H groups in total. The molecule has 1 saturated carbocycles. The topological polar surface area (TPSA) is 74.0 Å². The minimum absolute atomic E-state index is 0.307. The highest BCUT2D eigenvalue weighted by Crippen LogP contribution is 2.28. The monoisotopic (exact) mass is 385 g/mol. The van der Waals surface area contributed by atoms with E-state index in [4.69, 9.17) is 5.73 Å². The molecule has 6 nitrogen and oxygen atoms in total. The number of nitrogens with zero attached hydrogens (tertiary/aromatic N) is 3. The number of guanidine groups is 1. The standard InChI is InChI=1S/C22H35N5O/c1-3-17(2)18-7-9-20(10-8-18)25-22(23)24-11-12-26-13-15-27(16-14-26)21(28)19-5-4-6-19/h7-10,17,19H,3-6,11-16H2,1-2H3,(H3,23,24,25). The number of amides is 1. The van der Waals surface area contributed by atoms with Crippen LogP contribution in [-0.2, 0) is 4.79 Å². The zero-order chi connectivity index (χ0) is 19.9. The van der Waals surface area contributed by atoms with Crippen molar-refractivity contribution >= 4 is 17.6 Å². The molecule has 1 amide bonds. The first-order valence-corrected chi connectivity index (χ1v) is 10.7. The highest BCUT2D eigenvalue weighted by molar-refractivity contribution is 5.92. The van der Waals surface area contributed by atoms with Crippen molar-refractivity contribution in [2.45, 2.75) is 45.4 Å². The number of nitrogens with one attached hydrogen (secondary N) is 1. The summed E-state index contributed by atoms with van der Waals surface area (Å²) in [4.78, 5) is 21.2. The van der Waals surface area contributed by atoms with Crippen LogP contribution in [0.25, 0.3) is 0 Å². The molecule has 28 heavy (non-hydrogen) atoms. The molecule has 0 spiro atoms. The van der Waals surface area contributed by atoms with Crippen LogP contribution in [0.5, 0.6) is 0 Å². The van der Waals surface area contributed by atoms with E-state index in [0.717, 1.165) is 57.7 Å². The van der Waals surface area contributed by atoms with Crippen LogP contribution in [0.3, 0.4) is 0 Å². The van der Waals surface area contributed by atoms with Crippen molar-refractivity contribution in [3.8, 4) is 0 Å². The molecule has 2 aliphatic rings. The number of aliphatic imine (C=N–C) groups is 1. The van der Waals surface area contributed by atoms with Crippen LogP contribution >= 0.6 is 0 Å². The highest BCUT2D eigenvalue weighted by atomic mass is 16.2. The average molecular weight is 386 g/mol. The summed E-state index contributed by atoms with van der Waals surface area (Å²) in [6.07, 6.45) is 4.52. The van der Waals surface area contributed by atoms with Crippen LogP contribution in [0.15, 0.2) is 29.3 Å². The van der Waals surface area contributed by atoms with E-state index in [1.165, 1.54) is 12.0 Å². The fraction of sp³-hybridized carbons (Fsp3) is 0.636. The van der Waals surface area contributed by atoms with Gasteiger partial charge in [-0.3, -0.25) is 14.7 Å². The van der Waals surface area contributed by atoms with E-state index in [1.807, 2.05) is 4.90 Å². The van der Waals surface area contributed by atoms with Crippen molar-refractivity contribution in [1.29, 1.82) is 0 Å². The van der Waals surface area contributed by atoms with Crippen molar-refractivity contribution in [2.24, 2.45) is 16.6 Å². The number of anilines is 1. The lowest BCUT2D eigenvalue weighted by Crippen LogP contribution is -2.51. The van der Waals surface area contributed by atoms with E-state index in [2.05, 4.69) is 53.3 Å².